The summed E-state index contributed by atoms with van der Waals surface area (Å²) in [7, 11) is 0. The maximum Gasteiger partial charge on any atom is 0.273 e. The number of anilines is 1. The highest BCUT2D eigenvalue weighted by Crippen LogP contribution is 2.44. The van der Waals surface area contributed by atoms with Crippen LogP contribution in [-0.4, -0.2) is 21.9 Å². The van der Waals surface area contributed by atoms with E-state index in [-0.39, 0.29) is 21.8 Å². The molecular formula is C22H26N4O4S2. The van der Waals surface area contributed by atoms with Crippen molar-refractivity contribution in [2.45, 2.75) is 47.0 Å². The number of nitrogens with one attached hydrogen (secondary N) is 2. The number of fused-ring (bicyclic) bond motifs is 1. The molecule has 1 aromatic heterocycles. The SMILES string of the molecule is Cc1ccc(C(=O)NC(=S)Nc2sc3c(c2C(N)=O)CC[C@@H](C(C)(C)C)C3)cc1[N+](=O)[O-]. The highest BCUT2D eigenvalue weighted by Gasteiger charge is 2.33. The Bertz CT molecular complexity index is 1120. The Labute approximate surface area is 195 Å². The van der Waals surface area contributed by atoms with Crippen LogP contribution in [0.15, 0.2) is 18.2 Å². The molecule has 4 N–H and O–H groups in total. The first kappa shape index (κ1) is 23.8. The van der Waals surface area contributed by atoms with Crippen LogP contribution in [0.3, 0.4) is 0 Å². The monoisotopic (exact) mass is 474 g/mol. The van der Waals surface area contributed by atoms with E-state index in [0.717, 1.165) is 29.7 Å². The number of thiophene rings is 1. The summed E-state index contributed by atoms with van der Waals surface area (Å²) in [5, 5.41) is 17.1. The van der Waals surface area contributed by atoms with Crippen molar-refractivity contribution in [2.75, 3.05) is 5.32 Å². The molecule has 3 rings (SSSR count). The van der Waals surface area contributed by atoms with E-state index in [2.05, 4.69) is 31.4 Å². The fourth-order valence-electron chi connectivity index (χ4n) is 3.93. The molecule has 1 aromatic carbocycles. The number of nitro groups is 1. The molecule has 1 atom stereocenters. The van der Waals surface area contributed by atoms with E-state index < -0.39 is 16.7 Å². The zero-order valence-electron chi connectivity index (χ0n) is 18.4. The summed E-state index contributed by atoms with van der Waals surface area (Å²) in [5.74, 6) is -0.631. The van der Waals surface area contributed by atoms with Crippen LogP contribution in [-0.2, 0) is 12.8 Å². The molecule has 2 amide bonds. The van der Waals surface area contributed by atoms with Crippen molar-refractivity contribution in [3.8, 4) is 0 Å². The fourth-order valence-corrected chi connectivity index (χ4v) is 5.53. The van der Waals surface area contributed by atoms with Gasteiger partial charge in [0.15, 0.2) is 5.11 Å². The smallest absolute Gasteiger partial charge is 0.273 e. The van der Waals surface area contributed by atoms with Crippen LogP contribution < -0.4 is 16.4 Å². The van der Waals surface area contributed by atoms with Gasteiger partial charge in [-0.05, 0) is 61.4 Å². The number of aryl methyl sites for hydroxylation is 1. The molecule has 0 aliphatic heterocycles. The minimum Gasteiger partial charge on any atom is -0.365 e. The first-order valence-electron chi connectivity index (χ1n) is 10.2. The number of nitrogens with two attached hydrogens (primary N) is 1. The summed E-state index contributed by atoms with van der Waals surface area (Å²) in [6.07, 6.45) is 2.60. The number of thiocarbonyl (C=S) groups is 1. The van der Waals surface area contributed by atoms with E-state index in [1.54, 1.807) is 6.92 Å². The fraction of sp³-hybridized carbons (Fsp3) is 0.409. The van der Waals surface area contributed by atoms with Gasteiger partial charge < -0.3 is 11.1 Å². The van der Waals surface area contributed by atoms with Gasteiger partial charge in [0.25, 0.3) is 17.5 Å². The summed E-state index contributed by atoms with van der Waals surface area (Å²) < 4.78 is 0. The van der Waals surface area contributed by atoms with Crippen LogP contribution in [0.4, 0.5) is 10.7 Å². The van der Waals surface area contributed by atoms with Gasteiger partial charge >= 0.3 is 0 Å². The van der Waals surface area contributed by atoms with Gasteiger partial charge in [-0.3, -0.25) is 25.0 Å². The van der Waals surface area contributed by atoms with Gasteiger partial charge in [0.05, 0.1) is 10.5 Å². The van der Waals surface area contributed by atoms with E-state index >= 15 is 0 Å². The van der Waals surface area contributed by atoms with Crippen molar-refractivity contribution >= 4 is 51.2 Å². The number of hydrogen-bond donors (Lipinski definition) is 3. The average Bonchev–Trinajstić information content (AvgIpc) is 3.04. The van der Waals surface area contributed by atoms with Crippen LogP contribution >= 0.6 is 23.6 Å². The lowest BCUT2D eigenvalue weighted by Crippen LogP contribution is -2.34. The molecule has 0 radical (unpaired) electrons. The maximum atomic E-state index is 12.5. The Kier molecular flexibility index (Phi) is 6.66. The van der Waals surface area contributed by atoms with Gasteiger partial charge in [-0.1, -0.05) is 26.8 Å². The molecule has 0 saturated carbocycles. The van der Waals surface area contributed by atoms with Crippen LogP contribution in [0.5, 0.6) is 0 Å². The number of carbonyl (C=O) groups excluding carboxylic acids is 2. The van der Waals surface area contributed by atoms with Crippen LogP contribution in [0.2, 0.25) is 0 Å². The molecule has 10 heteroatoms. The normalized spacial score (nSPS) is 15.6. The van der Waals surface area contributed by atoms with Crippen LogP contribution in [0.1, 0.15) is 63.9 Å². The third-order valence-electron chi connectivity index (χ3n) is 5.86. The molecule has 0 fully saturated rings. The zero-order chi connectivity index (χ0) is 23.8. The average molecular weight is 475 g/mol. The van der Waals surface area contributed by atoms with Gasteiger partial charge in [-0.15, -0.1) is 11.3 Å². The van der Waals surface area contributed by atoms with Crippen molar-refractivity contribution < 1.29 is 14.5 Å². The first-order chi connectivity index (χ1) is 14.9. The van der Waals surface area contributed by atoms with E-state index in [0.29, 0.717) is 22.0 Å². The number of hydrogen-bond acceptors (Lipinski definition) is 6. The lowest BCUT2D eigenvalue weighted by molar-refractivity contribution is -0.385. The number of nitro benzene ring substituents is 1. The summed E-state index contributed by atoms with van der Waals surface area (Å²) >= 11 is 6.70. The Morgan fingerprint density at radius 2 is 2.00 bits per heavy atom. The van der Waals surface area contributed by atoms with E-state index in [9.17, 15) is 19.7 Å². The molecule has 0 unspecified atom stereocenters. The number of primary amides is 1. The summed E-state index contributed by atoms with van der Waals surface area (Å²) in [6, 6.07) is 4.21. The lowest BCUT2D eigenvalue weighted by Gasteiger charge is -2.33. The quantitative estimate of drug-likeness (QED) is 0.344. The van der Waals surface area contributed by atoms with Crippen molar-refractivity contribution in [1.29, 1.82) is 0 Å². The molecule has 1 aliphatic rings. The van der Waals surface area contributed by atoms with Crippen LogP contribution in [0, 0.1) is 28.4 Å². The minimum atomic E-state index is -0.583. The lowest BCUT2D eigenvalue weighted by atomic mass is 9.72. The molecule has 8 nitrogen and oxygen atoms in total. The van der Waals surface area contributed by atoms with Crippen molar-refractivity contribution in [1.82, 2.24) is 5.32 Å². The highest BCUT2D eigenvalue weighted by atomic mass is 32.1. The Morgan fingerprint density at radius 3 is 2.59 bits per heavy atom. The molecule has 0 bridgehead atoms. The Balaban J connectivity index is 1.79. The van der Waals surface area contributed by atoms with Gasteiger partial charge in [0.1, 0.15) is 5.00 Å². The molecule has 1 heterocycles. The minimum absolute atomic E-state index is 0.00769. The number of benzene rings is 1. The van der Waals surface area contributed by atoms with E-state index in [4.69, 9.17) is 18.0 Å². The predicted molar refractivity (Wildman–Crippen MR) is 129 cm³/mol. The second-order valence-corrected chi connectivity index (χ2v) is 10.6. The molecule has 0 spiro atoms. The third kappa shape index (κ3) is 4.97. The van der Waals surface area contributed by atoms with Gasteiger partial charge in [0, 0.05) is 22.1 Å². The molecule has 0 saturated heterocycles. The third-order valence-corrected chi connectivity index (χ3v) is 7.23. The van der Waals surface area contributed by atoms with Gasteiger partial charge in [-0.25, -0.2) is 0 Å². The summed E-state index contributed by atoms with van der Waals surface area (Å²) in [4.78, 5) is 36.4. The van der Waals surface area contributed by atoms with Crippen molar-refractivity contribution in [3.05, 3.63) is 55.4 Å². The molecule has 1 aliphatic carbocycles. The highest BCUT2D eigenvalue weighted by molar-refractivity contribution is 7.80. The summed E-state index contributed by atoms with van der Waals surface area (Å²) in [6.45, 7) is 8.24. The largest absolute Gasteiger partial charge is 0.365 e. The molecule has 32 heavy (non-hydrogen) atoms. The first-order valence-corrected chi connectivity index (χ1v) is 11.4. The molecule has 2 aromatic rings. The second-order valence-electron chi connectivity index (χ2n) is 9.04. The van der Waals surface area contributed by atoms with Crippen LogP contribution in [0.25, 0.3) is 0 Å². The van der Waals surface area contributed by atoms with Crippen molar-refractivity contribution in [3.63, 3.8) is 0 Å². The topological polar surface area (TPSA) is 127 Å². The second kappa shape index (κ2) is 8.95. The standard InChI is InChI=1S/C22H26N4O4S2/c1-11-5-6-12(9-15(11)26(29)30)19(28)24-21(31)25-20-17(18(23)27)14-8-7-13(22(2,3)4)10-16(14)32-20/h5-6,9,13H,7-8,10H2,1-4H3,(H2,23,27)(H2,24,25,28,31)/t13-/m1/s1. The molecule has 170 valence electrons. The predicted octanol–water partition coefficient (Wildman–Crippen LogP) is 4.34. The number of amides is 2. The number of carbonyl (C=O) groups is 2. The van der Waals surface area contributed by atoms with Crippen molar-refractivity contribution in [2.24, 2.45) is 17.1 Å². The maximum absolute atomic E-state index is 12.5. The Hall–Kier alpha value is -2.85. The molecular weight excluding hydrogens is 448 g/mol. The van der Waals surface area contributed by atoms with Gasteiger partial charge in [0.2, 0.25) is 0 Å². The Morgan fingerprint density at radius 1 is 1.31 bits per heavy atom. The van der Waals surface area contributed by atoms with Gasteiger partial charge in [-0.2, -0.15) is 0 Å². The zero-order valence-corrected chi connectivity index (χ0v) is 20.0. The number of nitrogens with zero attached hydrogens (tertiary/aromatic N) is 1. The number of rotatable bonds is 4. The van der Waals surface area contributed by atoms with E-state index in [1.165, 1.54) is 29.5 Å². The summed E-state index contributed by atoms with van der Waals surface area (Å²) in [5.41, 5.74) is 7.61. The van der Waals surface area contributed by atoms with E-state index in [1.807, 2.05) is 0 Å².